The molecule has 9 N–H and O–H groups in total. The van der Waals surface area contributed by atoms with E-state index in [0.717, 1.165) is 19.3 Å². The Labute approximate surface area is 417 Å². The van der Waals surface area contributed by atoms with Gasteiger partial charge < -0.3 is 56.1 Å². The number of aliphatic hydroxyl groups excluding tert-OH is 1. The summed E-state index contributed by atoms with van der Waals surface area (Å²) in [4.78, 5) is 68.4. The van der Waals surface area contributed by atoms with Crippen LogP contribution in [0.1, 0.15) is 126 Å². The lowest BCUT2D eigenvalue weighted by Gasteiger charge is -2.04. The lowest BCUT2D eigenvalue weighted by atomic mass is 10.2. The monoisotopic (exact) mass is 993 g/mol. The molecule has 0 aliphatic rings. The second-order valence-corrected chi connectivity index (χ2v) is 16.2. The van der Waals surface area contributed by atoms with Crippen LogP contribution in [0.2, 0.25) is 0 Å². The quantitative estimate of drug-likeness (QED) is 0.00998. The Bertz CT molecular complexity index is 1500. The fourth-order valence-electron chi connectivity index (χ4n) is 4.46. The number of hydrogen-bond donors (Lipinski definition) is 8. The van der Waals surface area contributed by atoms with Gasteiger partial charge in [-0.2, -0.15) is 5.26 Å². The third-order valence-electron chi connectivity index (χ3n) is 7.99. The van der Waals surface area contributed by atoms with E-state index in [1.54, 1.807) is 31.2 Å². The van der Waals surface area contributed by atoms with E-state index in [9.17, 15) is 28.8 Å². The molecule has 18 nitrogen and oxygen atoms in total. The number of amides is 3. The van der Waals surface area contributed by atoms with Crippen LogP contribution < -0.4 is 21.7 Å². The number of nitrogens with one attached hydrogen (secondary N) is 3. The number of nitrogens with two attached hydrogens (primary N) is 1. The number of aliphatic carboxylic acids is 2. The zero-order valence-corrected chi connectivity index (χ0v) is 42.9. The van der Waals surface area contributed by atoms with Gasteiger partial charge in [-0.05, 0) is 82.5 Å². The number of unbranched alkanes of at least 4 members (excludes halogenated alkanes) is 6. The van der Waals surface area contributed by atoms with Crippen LogP contribution in [0.5, 0.6) is 0 Å². The number of rotatable bonds is 33. The van der Waals surface area contributed by atoms with E-state index in [2.05, 4.69) is 80.6 Å². The number of carboxylic acid groups (broad SMARTS) is 2. The van der Waals surface area contributed by atoms with Crippen molar-refractivity contribution in [3.05, 3.63) is 97.2 Å². The number of allylic oxidation sites excluding steroid dienone is 11. The summed E-state index contributed by atoms with van der Waals surface area (Å²) in [6.07, 6.45) is 34.9. The summed E-state index contributed by atoms with van der Waals surface area (Å²) in [5, 5.41) is 41.6. The third-order valence-corrected chi connectivity index (χ3v) is 7.99. The number of aliphatic hydroxyl groups is 1. The maximum absolute atomic E-state index is 11.3. The number of alkyl carbamates (subject to hydrolysis) is 3. The number of hydrogen-bond acceptors (Lipinski definition) is 13. The molecule has 0 saturated heterocycles. The van der Waals surface area contributed by atoms with Gasteiger partial charge in [0.25, 0.3) is 0 Å². The molecule has 70 heavy (non-hydrogen) atoms. The van der Waals surface area contributed by atoms with E-state index < -0.39 is 42.3 Å². The lowest BCUT2D eigenvalue weighted by Crippen LogP contribution is -2.24. The first-order chi connectivity index (χ1) is 33.4. The normalized spacial score (nSPS) is 11.8. The molecule has 0 fully saturated rings. The molecule has 18 heteroatoms. The van der Waals surface area contributed by atoms with Crippen LogP contribution >= 0.6 is 0 Å². The fourth-order valence-corrected chi connectivity index (χ4v) is 4.46. The van der Waals surface area contributed by atoms with Crippen molar-refractivity contribution >= 4 is 36.2 Å². The summed E-state index contributed by atoms with van der Waals surface area (Å²) < 4.78 is 14.8. The Morgan fingerprint density at radius 1 is 0.457 bits per heavy atom. The lowest BCUT2D eigenvalue weighted by molar-refractivity contribution is -0.234. The molecule has 0 radical (unpaired) electrons. The van der Waals surface area contributed by atoms with E-state index >= 15 is 0 Å². The Balaban J connectivity index is -0.000000429. The van der Waals surface area contributed by atoms with E-state index in [1.165, 1.54) is 0 Å². The molecule has 3 amide bonds. The predicted molar refractivity (Wildman–Crippen MR) is 276 cm³/mol. The second-order valence-electron chi connectivity index (χ2n) is 16.2. The molecule has 400 valence electrons. The minimum atomic E-state index is -0.805. The average Bonchev–Trinajstić information content (AvgIpc) is 3.29. The van der Waals surface area contributed by atoms with Crippen LogP contribution in [-0.4, -0.2) is 109 Å². The highest BCUT2D eigenvalue weighted by molar-refractivity contribution is 5.69. The van der Waals surface area contributed by atoms with Crippen molar-refractivity contribution in [3.63, 3.8) is 0 Å². The van der Waals surface area contributed by atoms with Crippen molar-refractivity contribution in [2.24, 2.45) is 23.5 Å². The highest BCUT2D eigenvalue weighted by Crippen LogP contribution is 2.03. The molecular weight excluding hydrogens is 905 g/mol. The Morgan fingerprint density at radius 3 is 1.06 bits per heavy atom. The topological polar surface area (TPSA) is 282 Å². The highest BCUT2D eigenvalue weighted by Gasteiger charge is 2.04. The van der Waals surface area contributed by atoms with Crippen molar-refractivity contribution in [2.45, 2.75) is 132 Å². The third kappa shape index (κ3) is 73.6. The zero-order chi connectivity index (χ0) is 53.5. The number of carbonyl (C=O) groups excluding carboxylic acids is 4. The largest absolute Gasteiger partial charge is 0.481 e. The fraction of sp³-hybridized carbons (Fsp3) is 0.577. The molecule has 1 atom stereocenters. The van der Waals surface area contributed by atoms with E-state index in [0.29, 0.717) is 95.7 Å². The van der Waals surface area contributed by atoms with Gasteiger partial charge in [-0.3, -0.25) is 9.59 Å². The van der Waals surface area contributed by atoms with Gasteiger partial charge in [0, 0.05) is 45.4 Å². The maximum atomic E-state index is 11.3. The Morgan fingerprint density at radius 2 is 0.771 bits per heavy atom. The zero-order valence-electron chi connectivity index (χ0n) is 42.9. The smallest absolute Gasteiger partial charge is 0.407 e. The van der Waals surface area contributed by atoms with E-state index in [4.69, 9.17) is 40.5 Å². The molecule has 0 aromatic heterocycles. The Hall–Kier alpha value is -5.98. The van der Waals surface area contributed by atoms with Crippen molar-refractivity contribution < 1.29 is 68.4 Å². The van der Waals surface area contributed by atoms with E-state index in [1.807, 2.05) is 54.7 Å². The number of carboxylic acids is 2. The summed E-state index contributed by atoms with van der Waals surface area (Å²) >= 11 is 0. The van der Waals surface area contributed by atoms with Crippen LogP contribution in [0.25, 0.3) is 0 Å². The van der Waals surface area contributed by atoms with Crippen LogP contribution in [0.15, 0.2) is 97.2 Å². The first-order valence-electron chi connectivity index (χ1n) is 24.1. The van der Waals surface area contributed by atoms with Gasteiger partial charge in [-0.1, -0.05) is 139 Å². The summed E-state index contributed by atoms with van der Waals surface area (Å²) in [5.74, 6) is -0.591. The molecule has 0 aromatic carbocycles. The summed E-state index contributed by atoms with van der Waals surface area (Å²) in [6, 6.07) is 0. The van der Waals surface area contributed by atoms with Crippen LogP contribution in [0.3, 0.4) is 0 Å². The summed E-state index contributed by atoms with van der Waals surface area (Å²) in [5.41, 5.74) is 5.22. The van der Waals surface area contributed by atoms with Crippen molar-refractivity contribution in [1.82, 2.24) is 16.0 Å². The molecule has 0 bridgehead atoms. The molecule has 1 unspecified atom stereocenters. The molecule has 0 rings (SSSR count). The molecule has 0 aliphatic carbocycles. The minimum Gasteiger partial charge on any atom is -0.481 e. The summed E-state index contributed by atoms with van der Waals surface area (Å²) in [7, 11) is 0. The number of carbonyl (C=O) groups is 6. The van der Waals surface area contributed by atoms with Gasteiger partial charge >= 0.3 is 36.2 Å². The van der Waals surface area contributed by atoms with Gasteiger partial charge in [0.05, 0.1) is 25.9 Å². The van der Waals surface area contributed by atoms with Crippen LogP contribution in [0.4, 0.5) is 14.4 Å². The van der Waals surface area contributed by atoms with Crippen molar-refractivity contribution in [1.29, 1.82) is 0 Å². The van der Waals surface area contributed by atoms with Crippen LogP contribution in [-0.2, 0) is 33.5 Å². The first kappa shape index (κ1) is 70.6. The van der Waals surface area contributed by atoms with Crippen LogP contribution in [0, 0.1) is 17.8 Å². The molecule has 0 spiro atoms. The minimum absolute atomic E-state index is 0.150. The maximum Gasteiger partial charge on any atom is 0.407 e. The molecule has 0 saturated carbocycles. The highest BCUT2D eigenvalue weighted by atomic mass is 17.1. The molecular formula is C52H88N4O14. The Kier molecular flexibility index (Phi) is 56.1. The average molecular weight is 993 g/mol. The molecule has 0 aliphatic heterocycles. The summed E-state index contributed by atoms with van der Waals surface area (Å²) in [6.45, 7) is 17.0. The van der Waals surface area contributed by atoms with Gasteiger partial charge in [-0.15, -0.1) is 0 Å². The van der Waals surface area contributed by atoms with Crippen molar-refractivity contribution in [3.8, 4) is 0 Å². The van der Waals surface area contributed by atoms with E-state index in [-0.39, 0.29) is 25.9 Å². The second kappa shape index (κ2) is 55.6. The van der Waals surface area contributed by atoms with Gasteiger partial charge in [0.15, 0.2) is 0 Å². The van der Waals surface area contributed by atoms with Gasteiger partial charge in [0.2, 0.25) is 0 Å². The van der Waals surface area contributed by atoms with Gasteiger partial charge in [0.1, 0.15) is 0 Å². The standard InChI is InChI=1S/C15H25NO5.C15H25NO4.C14H23NO5.C8H15N/c1-13(2)9-5-3-7-11-16-15(18)20-12-8-4-6-10-14(17)21-19;1-13(2)9-5-3-7-11-16-15(19)20-12-8-4-6-10-14(17)18;1-12(16)8-4-2-6-10-15-14(19)20-11-7-3-5-9-13(17)18;1-8(2)6-4-3-5-7-9/h3,5,7,9,13,19H,4,6,8,10-12H2,1-2H3,(H,16,18);3,5,7,9,13H,4,6,8,10-12H2,1-2H3,(H,16,19)(H,17,18);2,4,6,8,12,16H,3,5,7,9-11H2,1H3,(H,15,19)(H,17,18);3-6,8H,7,9H2,1-2H3/b2*7-3-,9-5+;6-2-,8-4+;5-3-,6-4+. The van der Waals surface area contributed by atoms with Gasteiger partial charge in [-0.25, -0.2) is 19.2 Å². The first-order valence-corrected chi connectivity index (χ1v) is 24.1. The molecule has 0 heterocycles. The predicted octanol–water partition coefficient (Wildman–Crippen LogP) is 9.75. The SMILES string of the molecule is CC(C)/C=C/C=C\CN.CC(C)/C=C/C=C\CNC(=O)OCCCCCC(=O)O.CC(C)/C=C/C=C\CNC(=O)OCCCCCC(=O)OO.CC(O)/C=C/C=C\CNC(=O)OCCCCCC(=O)O. The van der Waals surface area contributed by atoms with Crippen molar-refractivity contribution in [2.75, 3.05) is 46.0 Å². The number of ether oxygens (including phenoxy) is 3. The molecule has 0 aromatic rings.